The van der Waals surface area contributed by atoms with Crippen LogP contribution in [-0.2, 0) is 0 Å². The Labute approximate surface area is 87.4 Å². The van der Waals surface area contributed by atoms with Crippen molar-refractivity contribution in [1.29, 1.82) is 0 Å². The molecule has 2 atom stereocenters. The number of anilines is 1. The van der Waals surface area contributed by atoms with Crippen molar-refractivity contribution in [3.63, 3.8) is 0 Å². The van der Waals surface area contributed by atoms with Gasteiger partial charge in [-0.25, -0.2) is 10.8 Å². The third-order valence-electron chi connectivity index (χ3n) is 2.07. The zero-order chi connectivity index (χ0) is 11.3. The molecule has 6 nitrogen and oxygen atoms in total. The SMILES string of the molecule is NNc1ccc(C(O)C(O)CCO)cn1. The first-order valence-corrected chi connectivity index (χ1v) is 4.58. The third kappa shape index (κ3) is 3.14. The molecule has 1 rings (SSSR count). The molecule has 0 saturated carbocycles. The Balaban J connectivity index is 2.69. The van der Waals surface area contributed by atoms with E-state index in [4.69, 9.17) is 10.9 Å². The van der Waals surface area contributed by atoms with Crippen molar-refractivity contribution in [2.75, 3.05) is 12.0 Å². The number of aromatic nitrogens is 1. The van der Waals surface area contributed by atoms with Gasteiger partial charge in [0, 0.05) is 18.4 Å². The van der Waals surface area contributed by atoms with Gasteiger partial charge in [-0.2, -0.15) is 0 Å². The molecule has 0 saturated heterocycles. The summed E-state index contributed by atoms with van der Waals surface area (Å²) in [5.74, 6) is 5.60. The fourth-order valence-corrected chi connectivity index (χ4v) is 1.18. The van der Waals surface area contributed by atoms with Gasteiger partial charge in [0.15, 0.2) is 0 Å². The molecule has 0 aromatic carbocycles. The number of hydrogen-bond acceptors (Lipinski definition) is 6. The van der Waals surface area contributed by atoms with Crippen molar-refractivity contribution in [2.24, 2.45) is 5.84 Å². The molecule has 15 heavy (non-hydrogen) atoms. The molecule has 1 aromatic heterocycles. The lowest BCUT2D eigenvalue weighted by atomic mass is 10.0. The lowest BCUT2D eigenvalue weighted by Crippen LogP contribution is -2.19. The molecule has 6 N–H and O–H groups in total. The second-order valence-corrected chi connectivity index (χ2v) is 3.15. The first kappa shape index (κ1) is 11.9. The van der Waals surface area contributed by atoms with Crippen LogP contribution < -0.4 is 11.3 Å². The molecule has 0 fully saturated rings. The first-order valence-electron chi connectivity index (χ1n) is 4.58. The molecule has 0 radical (unpaired) electrons. The number of nitrogens with zero attached hydrogens (tertiary/aromatic N) is 1. The van der Waals surface area contributed by atoms with E-state index in [0.717, 1.165) is 0 Å². The summed E-state index contributed by atoms with van der Waals surface area (Å²) in [6, 6.07) is 3.19. The van der Waals surface area contributed by atoms with E-state index in [9.17, 15) is 10.2 Å². The maximum absolute atomic E-state index is 9.63. The van der Waals surface area contributed by atoms with Crippen LogP contribution in [0.1, 0.15) is 18.1 Å². The number of hydrazine groups is 1. The zero-order valence-electron chi connectivity index (χ0n) is 8.17. The van der Waals surface area contributed by atoms with Gasteiger partial charge in [0.2, 0.25) is 0 Å². The van der Waals surface area contributed by atoms with Crippen molar-refractivity contribution in [3.05, 3.63) is 23.9 Å². The fraction of sp³-hybridized carbons (Fsp3) is 0.444. The molecular weight excluding hydrogens is 198 g/mol. The lowest BCUT2D eigenvalue weighted by molar-refractivity contribution is 0.00405. The number of rotatable bonds is 5. The monoisotopic (exact) mass is 213 g/mol. The predicted molar refractivity (Wildman–Crippen MR) is 54.7 cm³/mol. The highest BCUT2D eigenvalue weighted by Gasteiger charge is 2.17. The molecule has 2 unspecified atom stereocenters. The summed E-state index contributed by atoms with van der Waals surface area (Å²) in [6.45, 7) is -0.173. The van der Waals surface area contributed by atoms with Crippen LogP contribution in [0.3, 0.4) is 0 Å². The van der Waals surface area contributed by atoms with Crippen LogP contribution in [0.2, 0.25) is 0 Å². The number of nitrogens with two attached hydrogens (primary N) is 1. The quantitative estimate of drug-likeness (QED) is 0.321. The van der Waals surface area contributed by atoms with Gasteiger partial charge in [-0.05, 0) is 12.5 Å². The van der Waals surface area contributed by atoms with Crippen molar-refractivity contribution < 1.29 is 15.3 Å². The molecule has 0 amide bonds. The van der Waals surface area contributed by atoms with E-state index >= 15 is 0 Å². The van der Waals surface area contributed by atoms with E-state index < -0.39 is 12.2 Å². The Morgan fingerprint density at radius 1 is 1.40 bits per heavy atom. The topological polar surface area (TPSA) is 112 Å². The number of nitrogen functional groups attached to an aromatic ring is 1. The molecule has 1 heterocycles. The molecule has 0 aliphatic rings. The van der Waals surface area contributed by atoms with Crippen LogP contribution in [0.4, 0.5) is 5.82 Å². The summed E-state index contributed by atoms with van der Waals surface area (Å²) >= 11 is 0. The summed E-state index contributed by atoms with van der Waals surface area (Å²) in [6.07, 6.45) is -0.497. The van der Waals surface area contributed by atoms with Crippen molar-refractivity contribution in [3.8, 4) is 0 Å². The second kappa shape index (κ2) is 5.62. The Hall–Kier alpha value is -1.21. The minimum Gasteiger partial charge on any atom is -0.396 e. The van der Waals surface area contributed by atoms with Crippen LogP contribution in [0, 0.1) is 0 Å². The minimum absolute atomic E-state index is 0.123. The predicted octanol–water partition coefficient (Wildman–Crippen LogP) is -0.856. The Kier molecular flexibility index (Phi) is 4.44. The maximum atomic E-state index is 9.63. The summed E-state index contributed by atoms with van der Waals surface area (Å²) in [5.41, 5.74) is 2.83. The van der Waals surface area contributed by atoms with Gasteiger partial charge in [0.1, 0.15) is 11.9 Å². The highest BCUT2D eigenvalue weighted by atomic mass is 16.3. The van der Waals surface area contributed by atoms with E-state index in [1.807, 2.05) is 0 Å². The van der Waals surface area contributed by atoms with E-state index in [1.165, 1.54) is 6.20 Å². The molecule has 0 spiro atoms. The average Bonchev–Trinajstić information content (AvgIpc) is 2.28. The lowest BCUT2D eigenvalue weighted by Gasteiger charge is -2.16. The maximum Gasteiger partial charge on any atom is 0.139 e. The normalized spacial score (nSPS) is 14.7. The number of aliphatic hydroxyl groups excluding tert-OH is 3. The molecule has 84 valence electrons. The van der Waals surface area contributed by atoms with Crippen LogP contribution in [0.25, 0.3) is 0 Å². The molecule has 0 aliphatic heterocycles. The highest BCUT2D eigenvalue weighted by Crippen LogP contribution is 2.18. The van der Waals surface area contributed by atoms with Crippen LogP contribution in [-0.4, -0.2) is 33.0 Å². The summed E-state index contributed by atoms with van der Waals surface area (Å²) in [4.78, 5) is 3.89. The Morgan fingerprint density at radius 2 is 2.13 bits per heavy atom. The largest absolute Gasteiger partial charge is 0.396 e. The first-order chi connectivity index (χ1) is 7.19. The second-order valence-electron chi connectivity index (χ2n) is 3.15. The summed E-state index contributed by atoms with van der Waals surface area (Å²) < 4.78 is 0. The fourth-order valence-electron chi connectivity index (χ4n) is 1.18. The smallest absolute Gasteiger partial charge is 0.139 e. The Morgan fingerprint density at radius 3 is 2.60 bits per heavy atom. The van der Waals surface area contributed by atoms with Crippen LogP contribution in [0.5, 0.6) is 0 Å². The van der Waals surface area contributed by atoms with Gasteiger partial charge in [0.25, 0.3) is 0 Å². The van der Waals surface area contributed by atoms with Crippen molar-refractivity contribution >= 4 is 5.82 Å². The van der Waals surface area contributed by atoms with E-state index in [-0.39, 0.29) is 13.0 Å². The summed E-state index contributed by atoms with van der Waals surface area (Å²) in [7, 11) is 0. The van der Waals surface area contributed by atoms with Crippen LogP contribution in [0.15, 0.2) is 18.3 Å². The molecule has 6 heteroatoms. The third-order valence-corrected chi connectivity index (χ3v) is 2.07. The zero-order valence-corrected chi connectivity index (χ0v) is 8.17. The number of nitrogens with one attached hydrogen (secondary N) is 1. The van der Waals surface area contributed by atoms with Crippen LogP contribution >= 0.6 is 0 Å². The van der Waals surface area contributed by atoms with Gasteiger partial charge in [-0.1, -0.05) is 6.07 Å². The van der Waals surface area contributed by atoms with E-state index in [0.29, 0.717) is 11.4 Å². The Bertz CT molecular complexity index is 291. The average molecular weight is 213 g/mol. The summed E-state index contributed by atoms with van der Waals surface area (Å²) in [5, 5.41) is 27.7. The van der Waals surface area contributed by atoms with Gasteiger partial charge in [-0.15, -0.1) is 0 Å². The molecule has 0 bridgehead atoms. The molecular formula is C9H15N3O3. The number of hydrogen-bond donors (Lipinski definition) is 5. The van der Waals surface area contributed by atoms with Gasteiger partial charge >= 0.3 is 0 Å². The van der Waals surface area contributed by atoms with Gasteiger partial charge in [0.05, 0.1) is 6.10 Å². The standard InChI is InChI=1S/C9H15N3O3/c10-12-8-2-1-6(5-11-8)9(15)7(14)3-4-13/h1-2,5,7,9,13-15H,3-4,10H2,(H,11,12). The van der Waals surface area contributed by atoms with E-state index in [1.54, 1.807) is 12.1 Å². The van der Waals surface area contributed by atoms with Gasteiger partial charge in [-0.3, -0.25) is 0 Å². The van der Waals surface area contributed by atoms with Crippen molar-refractivity contribution in [2.45, 2.75) is 18.6 Å². The minimum atomic E-state index is -1.04. The van der Waals surface area contributed by atoms with Gasteiger partial charge < -0.3 is 20.7 Å². The van der Waals surface area contributed by atoms with E-state index in [2.05, 4.69) is 10.4 Å². The molecule has 0 aliphatic carbocycles. The molecule has 1 aromatic rings. The van der Waals surface area contributed by atoms with Crippen molar-refractivity contribution in [1.82, 2.24) is 4.98 Å². The number of pyridine rings is 1. The number of aliphatic hydroxyl groups is 3. The highest BCUT2D eigenvalue weighted by molar-refractivity contribution is 5.34.